The first-order chi connectivity index (χ1) is 16.0. The van der Waals surface area contributed by atoms with Crippen LogP contribution in [0, 0.1) is 5.92 Å². The maximum Gasteiger partial charge on any atom is 0.226 e. The van der Waals surface area contributed by atoms with Gasteiger partial charge in [0.25, 0.3) is 0 Å². The van der Waals surface area contributed by atoms with Gasteiger partial charge in [-0.3, -0.25) is 9.78 Å². The van der Waals surface area contributed by atoms with Crippen LogP contribution in [0.1, 0.15) is 46.7 Å². The summed E-state index contributed by atoms with van der Waals surface area (Å²) >= 11 is 10.4. The number of amides is 1. The van der Waals surface area contributed by atoms with E-state index in [2.05, 4.69) is 34.1 Å². The summed E-state index contributed by atoms with van der Waals surface area (Å²) in [5.41, 5.74) is 6.10. The van der Waals surface area contributed by atoms with E-state index in [0.717, 1.165) is 59.5 Å². The fourth-order valence-electron chi connectivity index (χ4n) is 5.40. The molecule has 1 atom stereocenters. The van der Waals surface area contributed by atoms with Crippen LogP contribution in [0.2, 0.25) is 5.02 Å². The predicted octanol–water partition coefficient (Wildman–Crippen LogP) is 5.03. The molecule has 0 unspecified atom stereocenters. The van der Waals surface area contributed by atoms with Gasteiger partial charge in [0.2, 0.25) is 5.91 Å². The van der Waals surface area contributed by atoms with Crippen molar-refractivity contribution in [2.75, 3.05) is 13.1 Å². The summed E-state index contributed by atoms with van der Waals surface area (Å²) < 4.78 is 3.01. The SMILES string of the molecule is C[n+]1ccc(CC(=O)N2CCC([C@H]3c4ncc(Br)cc4CCc4cccc(Cl)c43)CC2)cc1. The zero-order valence-corrected chi connectivity index (χ0v) is 21.1. The first-order valence-electron chi connectivity index (χ1n) is 11.6. The van der Waals surface area contributed by atoms with Crippen molar-refractivity contribution in [2.45, 2.75) is 38.0 Å². The molecule has 0 bridgehead atoms. The highest BCUT2D eigenvalue weighted by Crippen LogP contribution is 2.45. The summed E-state index contributed by atoms with van der Waals surface area (Å²) in [5, 5.41) is 0.839. The summed E-state index contributed by atoms with van der Waals surface area (Å²) in [6.45, 7) is 1.57. The van der Waals surface area contributed by atoms with Crippen molar-refractivity contribution in [3.8, 4) is 0 Å². The van der Waals surface area contributed by atoms with Gasteiger partial charge >= 0.3 is 0 Å². The van der Waals surface area contributed by atoms with Gasteiger partial charge in [0.15, 0.2) is 12.4 Å². The van der Waals surface area contributed by atoms with Crippen molar-refractivity contribution < 1.29 is 9.36 Å². The molecule has 170 valence electrons. The molecule has 1 saturated heterocycles. The molecule has 0 spiro atoms. The van der Waals surface area contributed by atoms with Crippen LogP contribution in [0.5, 0.6) is 0 Å². The highest BCUT2D eigenvalue weighted by molar-refractivity contribution is 9.10. The van der Waals surface area contributed by atoms with E-state index in [4.69, 9.17) is 16.6 Å². The quantitative estimate of drug-likeness (QED) is 0.450. The first-order valence-corrected chi connectivity index (χ1v) is 12.8. The Hall–Kier alpha value is -2.24. The minimum absolute atomic E-state index is 0.172. The number of halogens is 2. The fourth-order valence-corrected chi connectivity index (χ4v) is 6.09. The van der Waals surface area contributed by atoms with Gasteiger partial charge in [-0.25, -0.2) is 4.57 Å². The van der Waals surface area contributed by atoms with E-state index in [9.17, 15) is 4.79 Å². The highest BCUT2D eigenvalue weighted by Gasteiger charge is 2.36. The van der Waals surface area contributed by atoms with Crippen molar-refractivity contribution in [2.24, 2.45) is 13.0 Å². The Morgan fingerprint density at radius 2 is 1.88 bits per heavy atom. The summed E-state index contributed by atoms with van der Waals surface area (Å²) in [5.74, 6) is 0.795. The molecule has 0 saturated carbocycles. The summed E-state index contributed by atoms with van der Waals surface area (Å²) in [6, 6.07) is 12.5. The van der Waals surface area contributed by atoms with Crippen LogP contribution in [0.15, 0.2) is 59.5 Å². The number of hydrogen-bond acceptors (Lipinski definition) is 2. The normalized spacial score (nSPS) is 18.4. The molecule has 3 heterocycles. The van der Waals surface area contributed by atoms with Crippen molar-refractivity contribution in [3.63, 3.8) is 0 Å². The van der Waals surface area contributed by atoms with Crippen LogP contribution in [0.4, 0.5) is 0 Å². The van der Waals surface area contributed by atoms with E-state index < -0.39 is 0 Å². The molecule has 1 fully saturated rings. The molecule has 5 rings (SSSR count). The van der Waals surface area contributed by atoms with Gasteiger partial charge in [-0.2, -0.15) is 0 Å². The van der Waals surface area contributed by atoms with Crippen LogP contribution in [0.25, 0.3) is 0 Å². The van der Waals surface area contributed by atoms with Crippen molar-refractivity contribution >= 4 is 33.4 Å². The smallest absolute Gasteiger partial charge is 0.226 e. The largest absolute Gasteiger partial charge is 0.342 e. The van der Waals surface area contributed by atoms with Gasteiger partial charge in [0, 0.05) is 46.8 Å². The number of likely N-dealkylation sites (tertiary alicyclic amines) is 1. The molecule has 3 aromatic rings. The molecule has 0 N–H and O–H groups in total. The van der Waals surface area contributed by atoms with Crippen LogP contribution in [-0.2, 0) is 31.1 Å². The molecule has 2 aromatic heterocycles. The van der Waals surface area contributed by atoms with Crippen molar-refractivity contribution in [1.82, 2.24) is 9.88 Å². The average Bonchev–Trinajstić information content (AvgIpc) is 2.98. The molecule has 1 amide bonds. The van der Waals surface area contributed by atoms with E-state index in [-0.39, 0.29) is 11.8 Å². The molecule has 0 radical (unpaired) electrons. The van der Waals surface area contributed by atoms with E-state index in [1.165, 1.54) is 16.7 Å². The Labute approximate surface area is 208 Å². The number of fused-ring (bicyclic) bond motifs is 2. The van der Waals surface area contributed by atoms with Crippen LogP contribution < -0.4 is 4.57 Å². The molecular formula is C27H28BrClN3O+. The molecule has 1 aliphatic heterocycles. The zero-order valence-electron chi connectivity index (χ0n) is 18.8. The Kier molecular flexibility index (Phi) is 6.53. The van der Waals surface area contributed by atoms with E-state index >= 15 is 0 Å². The molecule has 33 heavy (non-hydrogen) atoms. The third kappa shape index (κ3) is 4.71. The number of carbonyl (C=O) groups excluding carboxylic acids is 1. The Morgan fingerprint density at radius 3 is 2.64 bits per heavy atom. The lowest BCUT2D eigenvalue weighted by molar-refractivity contribution is -0.671. The number of carbonyl (C=O) groups is 1. The standard InChI is InChI=1S/C27H28BrClN3O/c1-31-11-7-18(8-12-31)15-24(33)32-13-9-20(10-14-32)26-25-19(3-2-4-23(25)29)5-6-21-16-22(28)17-30-27(21)26/h2-4,7-8,11-12,16-17,20,26H,5-6,9-10,13-15H2,1H3/q+1/t26-/m1/s1. The number of benzene rings is 1. The highest BCUT2D eigenvalue weighted by atomic mass is 79.9. The monoisotopic (exact) mass is 524 g/mol. The molecule has 2 aliphatic rings. The minimum atomic E-state index is 0.172. The number of aromatic nitrogens is 2. The first kappa shape index (κ1) is 22.5. The second kappa shape index (κ2) is 9.55. The third-order valence-corrected chi connectivity index (χ3v) is 7.91. The van der Waals surface area contributed by atoms with E-state index in [1.54, 1.807) is 0 Å². The van der Waals surface area contributed by atoms with Crippen LogP contribution in [0.3, 0.4) is 0 Å². The van der Waals surface area contributed by atoms with Gasteiger partial charge in [0.1, 0.15) is 7.05 Å². The van der Waals surface area contributed by atoms with E-state index in [1.807, 2.05) is 53.3 Å². The number of rotatable bonds is 3. The van der Waals surface area contributed by atoms with E-state index in [0.29, 0.717) is 12.3 Å². The van der Waals surface area contributed by atoms with Gasteiger partial charge in [-0.15, -0.1) is 0 Å². The Balaban J connectivity index is 1.38. The number of hydrogen-bond donors (Lipinski definition) is 0. The Bertz CT molecular complexity index is 1170. The fraction of sp³-hybridized carbons (Fsp3) is 0.370. The predicted molar refractivity (Wildman–Crippen MR) is 133 cm³/mol. The summed E-state index contributed by atoms with van der Waals surface area (Å²) in [6.07, 6.45) is 10.2. The number of nitrogens with zero attached hydrogens (tertiary/aromatic N) is 3. The molecule has 4 nitrogen and oxygen atoms in total. The third-order valence-electron chi connectivity index (χ3n) is 7.15. The summed E-state index contributed by atoms with van der Waals surface area (Å²) in [7, 11) is 1.99. The van der Waals surface area contributed by atoms with Crippen molar-refractivity contribution in [1.29, 1.82) is 0 Å². The van der Waals surface area contributed by atoms with Crippen LogP contribution >= 0.6 is 27.5 Å². The second-order valence-corrected chi connectivity index (χ2v) is 10.6. The Morgan fingerprint density at radius 1 is 1.15 bits per heavy atom. The lowest BCUT2D eigenvalue weighted by Crippen LogP contribution is -2.41. The van der Waals surface area contributed by atoms with Crippen LogP contribution in [-0.4, -0.2) is 28.9 Å². The number of pyridine rings is 2. The molecule has 1 aromatic carbocycles. The van der Waals surface area contributed by atoms with Gasteiger partial charge in [-0.05, 0) is 81.9 Å². The summed E-state index contributed by atoms with van der Waals surface area (Å²) in [4.78, 5) is 19.9. The molecule has 1 aliphatic carbocycles. The van der Waals surface area contributed by atoms with Gasteiger partial charge < -0.3 is 4.90 Å². The lowest BCUT2D eigenvalue weighted by Gasteiger charge is -2.37. The van der Waals surface area contributed by atoms with Gasteiger partial charge in [-0.1, -0.05) is 23.7 Å². The molecule has 6 heteroatoms. The zero-order chi connectivity index (χ0) is 22.9. The number of aryl methyl sites for hydroxylation is 3. The second-order valence-electron chi connectivity index (χ2n) is 9.26. The van der Waals surface area contributed by atoms with Gasteiger partial charge in [0.05, 0.1) is 12.1 Å². The topological polar surface area (TPSA) is 37.1 Å². The minimum Gasteiger partial charge on any atom is -0.342 e. The van der Waals surface area contributed by atoms with Crippen molar-refractivity contribution in [3.05, 3.63) is 92.4 Å². The maximum absolute atomic E-state index is 13.0. The lowest BCUT2D eigenvalue weighted by atomic mass is 9.76. The molecular weight excluding hydrogens is 498 g/mol. The maximum atomic E-state index is 13.0. The average molecular weight is 526 g/mol. The number of piperidine rings is 1.